The maximum Gasteiger partial charge on any atom is 0.353 e. The Kier molecular flexibility index (Phi) is 4.91. The fourth-order valence-corrected chi connectivity index (χ4v) is 8.59. The van der Waals surface area contributed by atoms with Crippen LogP contribution in [0.2, 0.25) is 0 Å². The molecule has 4 aliphatic carbocycles. The molecule has 0 unspecified atom stereocenters. The van der Waals surface area contributed by atoms with Crippen LogP contribution in [0.3, 0.4) is 0 Å². The lowest BCUT2D eigenvalue weighted by molar-refractivity contribution is -0.178. The third-order valence-corrected chi connectivity index (χ3v) is 9.95. The van der Waals surface area contributed by atoms with Gasteiger partial charge in [-0.25, -0.2) is 0 Å². The fourth-order valence-electron chi connectivity index (χ4n) is 7.40. The number of ketones is 2. The van der Waals surface area contributed by atoms with Crippen LogP contribution in [0.25, 0.3) is 0 Å². The molecule has 0 radical (unpaired) electrons. The molecule has 9 heteroatoms. The van der Waals surface area contributed by atoms with Gasteiger partial charge in [0.25, 0.3) is 0 Å². The maximum atomic E-state index is 12.4. The molecule has 8 nitrogen and oxygen atoms in total. The summed E-state index contributed by atoms with van der Waals surface area (Å²) >= 11 is 0. The summed E-state index contributed by atoms with van der Waals surface area (Å²) in [5.41, 5.74) is -3.23. The molecule has 0 amide bonds. The molecule has 4 aliphatic rings. The molecule has 3 fully saturated rings. The van der Waals surface area contributed by atoms with E-state index in [1.165, 1.54) is 6.08 Å². The van der Waals surface area contributed by atoms with Crippen LogP contribution < -0.4 is 0 Å². The third-order valence-electron chi connectivity index (χ3n) is 8.73. The van der Waals surface area contributed by atoms with Gasteiger partial charge in [0.15, 0.2) is 11.6 Å². The lowest BCUT2D eigenvalue weighted by Gasteiger charge is -2.60. The normalized spacial score (nSPS) is 45.8. The largest absolute Gasteiger partial charge is 0.393 e. The number of fused-ring (bicyclic) bond motifs is 5. The Morgan fingerprint density at radius 2 is 1.90 bits per heavy atom. The minimum Gasteiger partial charge on any atom is -0.393 e. The Hall–Kier alpha value is -1.15. The predicted octanol–water partition coefficient (Wildman–Crippen LogP) is 1.06. The second-order valence-electron chi connectivity index (χ2n) is 9.85. The van der Waals surface area contributed by atoms with Gasteiger partial charge in [-0.2, -0.15) is 0 Å². The number of rotatable bonds is 3. The first-order valence-electron chi connectivity index (χ1n) is 10.4. The first-order valence-corrected chi connectivity index (χ1v) is 12.0. The van der Waals surface area contributed by atoms with E-state index in [0.29, 0.717) is 24.8 Å². The maximum absolute atomic E-state index is 12.4. The van der Waals surface area contributed by atoms with Crippen LogP contribution in [0.5, 0.6) is 0 Å². The SMILES string of the molecule is C[C@@]12C(=CC(=O)C=C1P(=O)(O)O)CC[C@@H]1[C@@H]2[C@@H](O)C[C@@]2(C)[C@H]1CC[C@]2(O)C(=O)CO. The van der Waals surface area contributed by atoms with Crippen LogP contribution in [0.4, 0.5) is 0 Å². The highest BCUT2D eigenvalue weighted by Gasteiger charge is 2.69. The standard InChI is InChI=1S/C21H29O8P/c1-19-9-15(24)18-13(14(19)5-6-21(19,26)16(25)10-22)4-3-11-7-12(23)8-17(20(11,18)2)30(27,28)29/h7-8,13-15,18,22,24,26H,3-6,9-10H2,1-2H3,(H2,27,28,29)/t13-,14-,15-,18+,19-,20+,21-/m0/s1. The summed E-state index contributed by atoms with van der Waals surface area (Å²) in [7, 11) is -4.76. The van der Waals surface area contributed by atoms with E-state index in [1.54, 1.807) is 13.8 Å². The molecule has 0 bridgehead atoms. The molecule has 0 aromatic heterocycles. The third kappa shape index (κ3) is 2.68. The zero-order valence-corrected chi connectivity index (χ0v) is 18.0. The van der Waals surface area contributed by atoms with Gasteiger partial charge < -0.3 is 25.1 Å². The fraction of sp³-hybridized carbons (Fsp3) is 0.714. The van der Waals surface area contributed by atoms with Gasteiger partial charge in [0, 0.05) is 16.7 Å². The van der Waals surface area contributed by atoms with Crippen LogP contribution in [0.15, 0.2) is 23.0 Å². The Bertz CT molecular complexity index is 918. The number of carbonyl (C=O) groups is 2. The Labute approximate surface area is 174 Å². The molecule has 7 atom stereocenters. The number of Topliss-reactive ketones (excluding diaryl/α,β-unsaturated/α-hetero) is 1. The molecule has 0 saturated heterocycles. The van der Waals surface area contributed by atoms with Gasteiger partial charge in [0.2, 0.25) is 0 Å². The van der Waals surface area contributed by atoms with E-state index in [1.807, 2.05) is 0 Å². The quantitative estimate of drug-likeness (QED) is 0.409. The lowest BCUT2D eigenvalue weighted by Crippen LogP contribution is -2.62. The zero-order valence-electron chi connectivity index (χ0n) is 17.1. The van der Waals surface area contributed by atoms with Crippen LogP contribution in [-0.2, 0) is 14.2 Å². The van der Waals surface area contributed by atoms with Crippen LogP contribution in [0.1, 0.15) is 46.0 Å². The van der Waals surface area contributed by atoms with Crippen LogP contribution >= 0.6 is 7.60 Å². The predicted molar refractivity (Wildman–Crippen MR) is 106 cm³/mol. The van der Waals surface area contributed by atoms with E-state index in [9.17, 15) is 39.3 Å². The molecular formula is C21H29O8P. The summed E-state index contributed by atoms with van der Waals surface area (Å²) in [6, 6.07) is 0. The summed E-state index contributed by atoms with van der Waals surface area (Å²) in [5, 5.41) is 31.6. The van der Waals surface area contributed by atoms with Gasteiger partial charge in [-0.1, -0.05) is 19.4 Å². The van der Waals surface area contributed by atoms with E-state index >= 15 is 0 Å². The van der Waals surface area contributed by atoms with Gasteiger partial charge in [-0.3, -0.25) is 14.2 Å². The molecule has 4 rings (SSSR count). The Morgan fingerprint density at radius 3 is 2.50 bits per heavy atom. The van der Waals surface area contributed by atoms with Crippen LogP contribution in [0, 0.1) is 28.6 Å². The van der Waals surface area contributed by atoms with E-state index in [2.05, 4.69) is 0 Å². The van der Waals surface area contributed by atoms with Crippen molar-refractivity contribution in [2.75, 3.05) is 6.61 Å². The van der Waals surface area contributed by atoms with Gasteiger partial charge in [-0.05, 0) is 56.1 Å². The van der Waals surface area contributed by atoms with Gasteiger partial charge in [0.05, 0.1) is 11.4 Å². The minimum absolute atomic E-state index is 0.0757. The lowest BCUT2D eigenvalue weighted by atomic mass is 9.46. The number of hydrogen-bond acceptors (Lipinski definition) is 6. The summed E-state index contributed by atoms with van der Waals surface area (Å²) < 4.78 is 12.3. The van der Waals surface area contributed by atoms with E-state index in [0.717, 1.165) is 6.08 Å². The Balaban J connectivity index is 1.82. The van der Waals surface area contributed by atoms with Crippen molar-refractivity contribution in [3.63, 3.8) is 0 Å². The first-order chi connectivity index (χ1) is 13.8. The van der Waals surface area contributed by atoms with Gasteiger partial charge in [-0.15, -0.1) is 0 Å². The summed E-state index contributed by atoms with van der Waals surface area (Å²) in [4.78, 5) is 44.6. The number of hydrogen-bond donors (Lipinski definition) is 5. The number of aliphatic hydroxyl groups excluding tert-OH is 2. The molecule has 5 N–H and O–H groups in total. The van der Waals surface area contributed by atoms with E-state index in [4.69, 9.17) is 0 Å². The summed E-state index contributed by atoms with van der Waals surface area (Å²) in [6.45, 7) is 2.69. The Morgan fingerprint density at radius 1 is 1.23 bits per heavy atom. The topological polar surface area (TPSA) is 152 Å². The molecule has 0 aromatic rings. The van der Waals surface area contributed by atoms with Crippen molar-refractivity contribution in [3.05, 3.63) is 23.0 Å². The van der Waals surface area contributed by atoms with Crippen molar-refractivity contribution in [2.45, 2.75) is 57.7 Å². The monoisotopic (exact) mass is 440 g/mol. The van der Waals surface area contributed by atoms with Gasteiger partial charge >= 0.3 is 7.60 Å². The van der Waals surface area contributed by atoms with E-state index < -0.39 is 54.2 Å². The van der Waals surface area contributed by atoms with Crippen molar-refractivity contribution in [3.8, 4) is 0 Å². The average Bonchev–Trinajstić information content (AvgIpc) is 2.91. The molecule has 0 aliphatic heterocycles. The average molecular weight is 440 g/mol. The van der Waals surface area contributed by atoms with Gasteiger partial charge in [0.1, 0.15) is 12.2 Å². The number of carbonyl (C=O) groups excluding carboxylic acids is 2. The summed E-state index contributed by atoms with van der Waals surface area (Å²) in [5.74, 6) is -2.00. The highest BCUT2D eigenvalue weighted by Crippen LogP contribution is 2.71. The number of aliphatic hydroxyl groups is 3. The second-order valence-corrected chi connectivity index (χ2v) is 11.4. The minimum atomic E-state index is -4.76. The second kappa shape index (κ2) is 6.67. The first kappa shape index (κ1) is 22.1. The molecule has 30 heavy (non-hydrogen) atoms. The van der Waals surface area contributed by atoms with Crippen molar-refractivity contribution in [1.29, 1.82) is 0 Å². The van der Waals surface area contributed by atoms with E-state index in [-0.39, 0.29) is 30.0 Å². The highest BCUT2D eigenvalue weighted by molar-refractivity contribution is 7.56. The highest BCUT2D eigenvalue weighted by atomic mass is 31.2. The molecule has 0 aromatic carbocycles. The van der Waals surface area contributed by atoms with Crippen molar-refractivity contribution < 1.29 is 39.3 Å². The smallest absolute Gasteiger partial charge is 0.353 e. The summed E-state index contributed by atoms with van der Waals surface area (Å²) in [6.07, 6.45) is 3.22. The van der Waals surface area contributed by atoms with Crippen molar-refractivity contribution in [1.82, 2.24) is 0 Å². The molecule has 3 saturated carbocycles. The molecule has 166 valence electrons. The van der Waals surface area contributed by atoms with Crippen molar-refractivity contribution in [2.24, 2.45) is 28.6 Å². The van der Waals surface area contributed by atoms with Crippen LogP contribution in [-0.4, -0.2) is 55.0 Å². The van der Waals surface area contributed by atoms with Crippen molar-refractivity contribution >= 4 is 19.2 Å². The molecule has 0 spiro atoms. The molecular weight excluding hydrogens is 411 g/mol. The molecule has 0 heterocycles. The zero-order chi connectivity index (χ0) is 22.3. The number of allylic oxidation sites excluding steroid dienone is 4.